The molecule has 32 heavy (non-hydrogen) atoms. The highest BCUT2D eigenvalue weighted by Gasteiger charge is 2.65. The molecule has 4 atom stereocenters. The largest absolute Gasteiger partial charge is 0.465 e. The topological polar surface area (TPSA) is 52.6 Å². The zero-order valence-electron chi connectivity index (χ0n) is 21.2. The smallest absolute Gasteiger partial charge is 0.311 e. The minimum absolute atomic E-state index is 0.0633. The molecule has 4 bridgehead atoms. The summed E-state index contributed by atoms with van der Waals surface area (Å²) in [5.74, 6) is 2.95. The van der Waals surface area contributed by atoms with Gasteiger partial charge in [0.25, 0.3) is 0 Å². The van der Waals surface area contributed by atoms with Crippen LogP contribution in [0.25, 0.3) is 0 Å². The van der Waals surface area contributed by atoms with E-state index in [-0.39, 0.29) is 17.5 Å². The van der Waals surface area contributed by atoms with Gasteiger partial charge in [-0.05, 0) is 94.8 Å². The van der Waals surface area contributed by atoms with E-state index < -0.39 is 5.41 Å². The maximum atomic E-state index is 13.2. The highest BCUT2D eigenvalue weighted by Crippen LogP contribution is 2.67. The van der Waals surface area contributed by atoms with Crippen LogP contribution in [-0.2, 0) is 19.1 Å². The second-order valence-corrected chi connectivity index (χ2v) is 12.9. The van der Waals surface area contributed by atoms with Crippen molar-refractivity contribution < 1.29 is 19.1 Å². The summed E-state index contributed by atoms with van der Waals surface area (Å²) in [6.07, 6.45) is 13.0. The molecule has 0 aromatic carbocycles. The molecule has 0 aliphatic heterocycles. The lowest BCUT2D eigenvalue weighted by Gasteiger charge is -2.66. The van der Waals surface area contributed by atoms with Crippen molar-refractivity contribution in [2.45, 2.75) is 117 Å². The molecule has 0 aromatic heterocycles. The number of hydrogen-bond acceptors (Lipinski definition) is 4. The predicted octanol–water partition coefficient (Wildman–Crippen LogP) is 6.70. The Balaban J connectivity index is 1.42. The van der Waals surface area contributed by atoms with Gasteiger partial charge < -0.3 is 9.47 Å². The minimum atomic E-state index is -0.460. The average Bonchev–Trinajstić information content (AvgIpc) is 2.72. The van der Waals surface area contributed by atoms with Gasteiger partial charge in [0, 0.05) is 18.3 Å². The van der Waals surface area contributed by atoms with Gasteiger partial charge in [0.15, 0.2) is 0 Å². The Hall–Kier alpha value is -1.06. The number of hydrogen-bond donors (Lipinski definition) is 0. The molecule has 0 N–H and O–H groups in total. The maximum Gasteiger partial charge on any atom is 0.311 e. The van der Waals surface area contributed by atoms with E-state index in [0.717, 1.165) is 18.3 Å². The van der Waals surface area contributed by atoms with E-state index in [2.05, 4.69) is 13.8 Å². The molecule has 0 aromatic rings. The summed E-state index contributed by atoms with van der Waals surface area (Å²) in [6, 6.07) is 0. The predicted molar refractivity (Wildman–Crippen MR) is 126 cm³/mol. The second-order valence-electron chi connectivity index (χ2n) is 12.9. The van der Waals surface area contributed by atoms with Crippen LogP contribution in [0.5, 0.6) is 0 Å². The summed E-state index contributed by atoms with van der Waals surface area (Å²) in [6.45, 7) is 11.0. The lowest BCUT2D eigenvalue weighted by Crippen LogP contribution is -2.65. The van der Waals surface area contributed by atoms with Crippen LogP contribution in [0.1, 0.15) is 112 Å². The molecule has 5 aliphatic rings. The SMILES string of the molecule is CCC(C)(C)C(=O)OCCCC(=O)OC1(C2CCCC(C)C2)C2CC3CC1CC(C)(C3)C2. The normalized spacial score (nSPS) is 40.8. The Morgan fingerprint density at radius 2 is 1.69 bits per heavy atom. The summed E-state index contributed by atoms with van der Waals surface area (Å²) in [5, 5.41) is 0. The number of esters is 2. The second kappa shape index (κ2) is 8.95. The van der Waals surface area contributed by atoms with Gasteiger partial charge in [-0.3, -0.25) is 9.59 Å². The summed E-state index contributed by atoms with van der Waals surface area (Å²) in [5.41, 5.74) is -0.227. The van der Waals surface area contributed by atoms with E-state index >= 15 is 0 Å². The highest BCUT2D eigenvalue weighted by molar-refractivity contribution is 5.75. The number of ether oxygens (including phenoxy) is 2. The van der Waals surface area contributed by atoms with E-state index in [1.54, 1.807) is 0 Å². The molecule has 0 heterocycles. The summed E-state index contributed by atoms with van der Waals surface area (Å²) in [7, 11) is 0. The Morgan fingerprint density at radius 3 is 2.28 bits per heavy atom. The molecule has 182 valence electrons. The zero-order valence-corrected chi connectivity index (χ0v) is 21.2. The molecule has 0 amide bonds. The molecular weight excluding hydrogens is 400 g/mol. The van der Waals surface area contributed by atoms with Crippen LogP contribution in [-0.4, -0.2) is 24.1 Å². The van der Waals surface area contributed by atoms with Gasteiger partial charge in [-0.2, -0.15) is 0 Å². The number of carbonyl (C=O) groups is 2. The van der Waals surface area contributed by atoms with Crippen molar-refractivity contribution >= 4 is 11.9 Å². The van der Waals surface area contributed by atoms with Gasteiger partial charge in [-0.25, -0.2) is 0 Å². The highest BCUT2D eigenvalue weighted by atomic mass is 16.6. The van der Waals surface area contributed by atoms with Crippen LogP contribution in [0.4, 0.5) is 0 Å². The molecule has 5 fully saturated rings. The van der Waals surface area contributed by atoms with Crippen molar-refractivity contribution in [3.8, 4) is 0 Å². The van der Waals surface area contributed by atoms with Crippen LogP contribution < -0.4 is 0 Å². The fourth-order valence-corrected chi connectivity index (χ4v) is 8.12. The maximum absolute atomic E-state index is 13.2. The van der Waals surface area contributed by atoms with Gasteiger partial charge in [0.2, 0.25) is 0 Å². The minimum Gasteiger partial charge on any atom is -0.465 e. The van der Waals surface area contributed by atoms with E-state index in [4.69, 9.17) is 9.47 Å². The summed E-state index contributed by atoms with van der Waals surface area (Å²) in [4.78, 5) is 25.4. The molecule has 4 heteroatoms. The first-order valence-electron chi connectivity index (χ1n) is 13.5. The average molecular weight is 447 g/mol. The van der Waals surface area contributed by atoms with Crippen LogP contribution in [0.15, 0.2) is 0 Å². The fourth-order valence-electron chi connectivity index (χ4n) is 8.12. The van der Waals surface area contributed by atoms with Gasteiger partial charge in [-0.1, -0.05) is 33.6 Å². The van der Waals surface area contributed by atoms with Crippen molar-refractivity contribution in [3.63, 3.8) is 0 Å². The Bertz CT molecular complexity index is 686. The van der Waals surface area contributed by atoms with Gasteiger partial charge in [-0.15, -0.1) is 0 Å². The molecule has 5 saturated carbocycles. The molecular formula is C28H46O4. The molecule has 5 aliphatic carbocycles. The van der Waals surface area contributed by atoms with E-state index in [0.29, 0.717) is 42.6 Å². The van der Waals surface area contributed by atoms with Crippen molar-refractivity contribution in [1.29, 1.82) is 0 Å². The molecule has 0 spiro atoms. The van der Waals surface area contributed by atoms with Crippen LogP contribution in [0, 0.1) is 40.4 Å². The quantitative estimate of drug-likeness (QED) is 0.307. The van der Waals surface area contributed by atoms with Crippen molar-refractivity contribution in [1.82, 2.24) is 0 Å². The third-order valence-electron chi connectivity index (χ3n) is 9.83. The summed E-state index contributed by atoms with van der Waals surface area (Å²) < 4.78 is 12.1. The Labute approximate surface area is 195 Å². The van der Waals surface area contributed by atoms with Crippen molar-refractivity contribution in [2.24, 2.45) is 40.4 Å². The van der Waals surface area contributed by atoms with Gasteiger partial charge >= 0.3 is 11.9 Å². The van der Waals surface area contributed by atoms with Crippen LogP contribution >= 0.6 is 0 Å². The number of carbonyl (C=O) groups excluding carboxylic acids is 2. The first-order chi connectivity index (χ1) is 15.1. The molecule has 0 saturated heterocycles. The van der Waals surface area contributed by atoms with E-state index in [9.17, 15) is 9.59 Å². The van der Waals surface area contributed by atoms with Crippen LogP contribution in [0.2, 0.25) is 0 Å². The Morgan fingerprint density at radius 1 is 1.00 bits per heavy atom. The molecule has 5 rings (SSSR count). The third-order valence-corrected chi connectivity index (χ3v) is 9.83. The zero-order chi connectivity index (χ0) is 23.1. The lowest BCUT2D eigenvalue weighted by molar-refractivity contribution is -0.247. The van der Waals surface area contributed by atoms with E-state index in [1.807, 2.05) is 20.8 Å². The lowest BCUT2D eigenvalue weighted by atomic mass is 9.42. The van der Waals surface area contributed by atoms with Gasteiger partial charge in [0.05, 0.1) is 12.0 Å². The van der Waals surface area contributed by atoms with Crippen molar-refractivity contribution in [3.05, 3.63) is 0 Å². The monoisotopic (exact) mass is 446 g/mol. The molecule has 4 unspecified atom stereocenters. The first-order valence-corrected chi connectivity index (χ1v) is 13.5. The summed E-state index contributed by atoms with van der Waals surface area (Å²) >= 11 is 0. The molecule has 0 radical (unpaired) electrons. The standard InChI is InChI=1S/C28H46O4/c1-6-26(3,4)25(30)31-12-8-11-24(29)32-28(21-10-7-9-19(2)13-21)22-14-20-15-23(28)18-27(5,16-20)17-22/h19-23H,6-18H2,1-5H3. The third kappa shape index (κ3) is 4.49. The van der Waals surface area contributed by atoms with E-state index in [1.165, 1.54) is 57.8 Å². The van der Waals surface area contributed by atoms with Crippen LogP contribution in [0.3, 0.4) is 0 Å². The first kappa shape index (κ1) is 24.1. The Kier molecular flexibility index (Phi) is 6.73. The fraction of sp³-hybridized carbons (Fsp3) is 0.929. The van der Waals surface area contributed by atoms with Gasteiger partial charge in [0.1, 0.15) is 5.60 Å². The van der Waals surface area contributed by atoms with Crippen molar-refractivity contribution in [2.75, 3.05) is 6.61 Å². The molecule has 4 nitrogen and oxygen atoms in total. The number of rotatable bonds is 8.